The molecule has 0 bridgehead atoms. The van der Waals surface area contributed by atoms with Gasteiger partial charge in [0.05, 0.1) is 7.11 Å². The highest BCUT2D eigenvalue weighted by molar-refractivity contribution is 5.39. The maximum absolute atomic E-state index is 12.1. The van der Waals surface area contributed by atoms with Crippen molar-refractivity contribution in [1.29, 1.82) is 0 Å². The van der Waals surface area contributed by atoms with E-state index < -0.39 is 6.61 Å². The predicted octanol–water partition coefficient (Wildman–Crippen LogP) is 3.56. The summed E-state index contributed by atoms with van der Waals surface area (Å²) in [5.41, 5.74) is 1.05. The van der Waals surface area contributed by atoms with Crippen LogP contribution in [0.5, 0.6) is 17.2 Å². The molecule has 1 aliphatic rings. The summed E-state index contributed by atoms with van der Waals surface area (Å²) in [6.45, 7) is -0.416. The fourth-order valence-corrected chi connectivity index (χ4v) is 2.66. The number of hydrogen-bond donors (Lipinski definition) is 0. The van der Waals surface area contributed by atoms with Crippen molar-refractivity contribution >= 4 is 0 Å². The van der Waals surface area contributed by atoms with Crippen molar-refractivity contribution in [2.45, 2.75) is 19.3 Å². The first kappa shape index (κ1) is 16.5. The molecule has 128 valence electrons. The maximum atomic E-state index is 12.1. The molecule has 2 aromatic carbocycles. The van der Waals surface area contributed by atoms with E-state index in [0.29, 0.717) is 0 Å². The molecule has 0 unspecified atom stereocenters. The van der Waals surface area contributed by atoms with Gasteiger partial charge in [0.1, 0.15) is 11.9 Å². The van der Waals surface area contributed by atoms with Crippen molar-refractivity contribution in [1.82, 2.24) is 4.90 Å². The Morgan fingerprint density at radius 1 is 1.04 bits per heavy atom. The molecule has 0 amide bonds. The number of para-hydroxylation sites is 2. The van der Waals surface area contributed by atoms with Crippen LogP contribution in [0.3, 0.4) is 0 Å². The molecule has 1 fully saturated rings. The lowest BCUT2D eigenvalue weighted by Crippen LogP contribution is -2.53. The Morgan fingerprint density at radius 3 is 2.33 bits per heavy atom. The maximum Gasteiger partial charge on any atom is 0.387 e. The Labute approximate surface area is 139 Å². The molecule has 0 aromatic heterocycles. The van der Waals surface area contributed by atoms with Crippen LogP contribution in [0.2, 0.25) is 0 Å². The van der Waals surface area contributed by atoms with E-state index in [1.807, 2.05) is 24.3 Å². The van der Waals surface area contributed by atoms with Crippen molar-refractivity contribution < 1.29 is 23.0 Å². The molecule has 0 N–H and O–H groups in total. The molecular weight excluding hydrogens is 316 g/mol. The second kappa shape index (κ2) is 7.49. The van der Waals surface area contributed by atoms with Gasteiger partial charge in [0, 0.05) is 19.6 Å². The van der Waals surface area contributed by atoms with Gasteiger partial charge in [-0.15, -0.1) is 0 Å². The van der Waals surface area contributed by atoms with E-state index in [-0.39, 0.29) is 11.9 Å². The molecule has 0 atom stereocenters. The minimum atomic E-state index is -2.79. The van der Waals surface area contributed by atoms with Gasteiger partial charge >= 0.3 is 6.61 Å². The molecule has 1 heterocycles. The Bertz CT molecular complexity index is 658. The number of hydrogen-bond acceptors (Lipinski definition) is 4. The van der Waals surface area contributed by atoms with Gasteiger partial charge in [0.15, 0.2) is 11.5 Å². The minimum absolute atomic E-state index is 0.128. The monoisotopic (exact) mass is 335 g/mol. The van der Waals surface area contributed by atoms with Gasteiger partial charge < -0.3 is 14.2 Å². The largest absolute Gasteiger partial charge is 0.493 e. The highest BCUT2D eigenvalue weighted by Crippen LogP contribution is 2.29. The lowest BCUT2D eigenvalue weighted by atomic mass is 10.1. The van der Waals surface area contributed by atoms with Crippen molar-refractivity contribution in [3.63, 3.8) is 0 Å². The van der Waals surface area contributed by atoms with Crippen molar-refractivity contribution in [2.75, 3.05) is 20.2 Å². The smallest absolute Gasteiger partial charge is 0.387 e. The summed E-state index contributed by atoms with van der Waals surface area (Å²) in [5, 5.41) is 0. The zero-order chi connectivity index (χ0) is 16.9. The van der Waals surface area contributed by atoms with Crippen LogP contribution in [-0.2, 0) is 6.54 Å². The molecule has 24 heavy (non-hydrogen) atoms. The van der Waals surface area contributed by atoms with Crippen LogP contribution in [0.1, 0.15) is 5.56 Å². The standard InChI is InChI=1S/C18H19F2NO3/c1-22-16-4-2-3-5-17(16)23-15-11-21(12-15)10-13-6-8-14(9-7-13)24-18(19)20/h2-9,15,18H,10-12H2,1H3. The average molecular weight is 335 g/mol. The third kappa shape index (κ3) is 4.14. The second-order valence-corrected chi connectivity index (χ2v) is 5.61. The van der Waals surface area contributed by atoms with Gasteiger partial charge in [0.25, 0.3) is 0 Å². The Hall–Kier alpha value is -2.34. The molecule has 0 radical (unpaired) electrons. The van der Waals surface area contributed by atoms with Crippen LogP contribution in [0.15, 0.2) is 48.5 Å². The lowest BCUT2D eigenvalue weighted by molar-refractivity contribution is -0.0498. The van der Waals surface area contributed by atoms with E-state index in [1.165, 1.54) is 0 Å². The first-order valence-corrected chi connectivity index (χ1v) is 7.70. The molecule has 0 aliphatic carbocycles. The highest BCUT2D eigenvalue weighted by atomic mass is 19.3. The van der Waals surface area contributed by atoms with Crippen LogP contribution >= 0.6 is 0 Å². The van der Waals surface area contributed by atoms with E-state index in [0.717, 1.165) is 36.7 Å². The number of alkyl halides is 2. The lowest BCUT2D eigenvalue weighted by Gasteiger charge is -2.39. The van der Waals surface area contributed by atoms with Crippen LogP contribution in [0, 0.1) is 0 Å². The molecular formula is C18H19F2NO3. The number of rotatable bonds is 7. The first-order valence-electron chi connectivity index (χ1n) is 7.70. The average Bonchev–Trinajstić information content (AvgIpc) is 2.54. The van der Waals surface area contributed by atoms with Crippen molar-refractivity contribution in [2.24, 2.45) is 0 Å². The van der Waals surface area contributed by atoms with E-state index in [9.17, 15) is 8.78 Å². The number of halogens is 2. The van der Waals surface area contributed by atoms with Crippen molar-refractivity contribution in [3.05, 3.63) is 54.1 Å². The molecule has 1 saturated heterocycles. The van der Waals surface area contributed by atoms with Crippen LogP contribution in [0.4, 0.5) is 8.78 Å². The van der Waals surface area contributed by atoms with Crippen LogP contribution < -0.4 is 14.2 Å². The van der Waals surface area contributed by atoms with E-state index in [2.05, 4.69) is 9.64 Å². The highest BCUT2D eigenvalue weighted by Gasteiger charge is 2.29. The summed E-state index contributed by atoms with van der Waals surface area (Å²) in [6, 6.07) is 14.3. The molecule has 0 spiro atoms. The zero-order valence-electron chi connectivity index (χ0n) is 13.3. The minimum Gasteiger partial charge on any atom is -0.493 e. The second-order valence-electron chi connectivity index (χ2n) is 5.61. The normalized spacial score (nSPS) is 15.2. The van der Waals surface area contributed by atoms with Gasteiger partial charge in [-0.1, -0.05) is 24.3 Å². The van der Waals surface area contributed by atoms with E-state index >= 15 is 0 Å². The van der Waals surface area contributed by atoms with E-state index in [4.69, 9.17) is 9.47 Å². The number of nitrogens with zero attached hydrogens (tertiary/aromatic N) is 1. The van der Waals surface area contributed by atoms with Crippen LogP contribution in [-0.4, -0.2) is 37.8 Å². The summed E-state index contributed by atoms with van der Waals surface area (Å²) in [4.78, 5) is 2.23. The number of likely N-dealkylation sites (tertiary alicyclic amines) is 1. The van der Waals surface area contributed by atoms with Gasteiger partial charge in [-0.3, -0.25) is 4.90 Å². The molecule has 6 heteroatoms. The third-order valence-corrected chi connectivity index (χ3v) is 3.84. The zero-order valence-corrected chi connectivity index (χ0v) is 13.3. The third-order valence-electron chi connectivity index (χ3n) is 3.84. The first-order chi connectivity index (χ1) is 11.6. The fourth-order valence-electron chi connectivity index (χ4n) is 2.66. The summed E-state index contributed by atoms with van der Waals surface area (Å²) in [7, 11) is 1.62. The molecule has 2 aromatic rings. The predicted molar refractivity (Wildman–Crippen MR) is 85.8 cm³/mol. The SMILES string of the molecule is COc1ccccc1OC1CN(Cc2ccc(OC(F)F)cc2)C1. The Kier molecular flexibility index (Phi) is 5.15. The number of methoxy groups -OCH3 is 1. The molecule has 0 saturated carbocycles. The summed E-state index contributed by atoms with van der Waals surface area (Å²) in [5.74, 6) is 1.65. The Morgan fingerprint density at radius 2 is 1.71 bits per heavy atom. The quantitative estimate of drug-likeness (QED) is 0.774. The number of benzene rings is 2. The summed E-state index contributed by atoms with van der Waals surface area (Å²) >= 11 is 0. The summed E-state index contributed by atoms with van der Waals surface area (Å²) < 4.78 is 39.8. The summed E-state index contributed by atoms with van der Waals surface area (Å²) in [6.07, 6.45) is 0.128. The number of ether oxygens (including phenoxy) is 3. The van der Waals surface area contributed by atoms with Crippen molar-refractivity contribution in [3.8, 4) is 17.2 Å². The topological polar surface area (TPSA) is 30.9 Å². The van der Waals surface area contributed by atoms with Gasteiger partial charge in [-0.2, -0.15) is 8.78 Å². The fraction of sp³-hybridized carbons (Fsp3) is 0.333. The Balaban J connectivity index is 1.47. The van der Waals surface area contributed by atoms with Crippen LogP contribution in [0.25, 0.3) is 0 Å². The van der Waals surface area contributed by atoms with Gasteiger partial charge in [0.2, 0.25) is 0 Å². The van der Waals surface area contributed by atoms with Gasteiger partial charge in [-0.05, 0) is 29.8 Å². The van der Waals surface area contributed by atoms with Gasteiger partial charge in [-0.25, -0.2) is 0 Å². The molecule has 3 rings (SSSR count). The van der Waals surface area contributed by atoms with E-state index in [1.54, 1.807) is 31.4 Å². The molecule has 1 aliphatic heterocycles. The molecule has 4 nitrogen and oxygen atoms in total.